The predicted molar refractivity (Wildman–Crippen MR) is 148 cm³/mol. The van der Waals surface area contributed by atoms with Crippen LogP contribution in [0.4, 0.5) is 5.69 Å². The Morgan fingerprint density at radius 2 is 1.57 bits per heavy atom. The van der Waals surface area contributed by atoms with Crippen LogP contribution in [0.1, 0.15) is 64.9 Å². The summed E-state index contributed by atoms with van der Waals surface area (Å²) in [4.78, 5) is 15.3. The van der Waals surface area contributed by atoms with Crippen molar-refractivity contribution in [3.05, 3.63) is 52.4 Å². The third-order valence-electron chi connectivity index (χ3n) is 6.64. The first-order chi connectivity index (χ1) is 18.0. The van der Waals surface area contributed by atoms with Crippen molar-refractivity contribution in [3.63, 3.8) is 0 Å². The van der Waals surface area contributed by atoms with Gasteiger partial charge in [0.15, 0.2) is 5.82 Å². The zero-order chi connectivity index (χ0) is 26.2. The molecular formula is C29H40N4O4. The highest BCUT2D eigenvalue weighted by Crippen LogP contribution is 2.39. The molecule has 1 saturated heterocycles. The van der Waals surface area contributed by atoms with Gasteiger partial charge in [-0.25, -0.2) is 14.5 Å². The quantitative estimate of drug-likeness (QED) is 0.323. The van der Waals surface area contributed by atoms with E-state index in [1.807, 2.05) is 30.3 Å². The van der Waals surface area contributed by atoms with E-state index in [0.29, 0.717) is 24.8 Å². The molecule has 37 heavy (non-hydrogen) atoms. The molecule has 4 rings (SSSR count). The Hall–Kier alpha value is -3.26. The first kappa shape index (κ1) is 26.8. The molecule has 1 aromatic heterocycles. The number of aromatic amines is 1. The van der Waals surface area contributed by atoms with Crippen LogP contribution in [0, 0.1) is 0 Å². The Bertz CT molecular complexity index is 1190. The molecule has 0 aliphatic carbocycles. The second kappa shape index (κ2) is 12.8. The van der Waals surface area contributed by atoms with Gasteiger partial charge in [0.05, 0.1) is 37.7 Å². The SMILES string of the molecule is CCCCOc1cc(OCCCC)c(C(C)C)cc1-c1n[nH]c(=O)n1-c1ccc(N2CCOCC2)cc1. The lowest BCUT2D eigenvalue weighted by Gasteiger charge is -2.28. The van der Waals surface area contributed by atoms with Crippen LogP contribution in [-0.2, 0) is 4.74 Å². The van der Waals surface area contributed by atoms with Crippen LogP contribution in [0.3, 0.4) is 0 Å². The van der Waals surface area contributed by atoms with Crippen LogP contribution in [0.15, 0.2) is 41.2 Å². The fourth-order valence-electron chi connectivity index (χ4n) is 4.45. The van der Waals surface area contributed by atoms with Crippen LogP contribution in [-0.4, -0.2) is 54.3 Å². The predicted octanol–water partition coefficient (Wildman–Crippen LogP) is 5.55. The number of rotatable bonds is 12. The first-order valence-corrected chi connectivity index (χ1v) is 13.6. The summed E-state index contributed by atoms with van der Waals surface area (Å²) in [7, 11) is 0. The van der Waals surface area contributed by atoms with E-state index in [0.717, 1.165) is 80.2 Å². The molecule has 1 aliphatic heterocycles. The molecule has 0 saturated carbocycles. The molecule has 1 N–H and O–H groups in total. The van der Waals surface area contributed by atoms with Gasteiger partial charge in [-0.15, -0.1) is 0 Å². The molecule has 2 aromatic carbocycles. The van der Waals surface area contributed by atoms with Crippen LogP contribution < -0.4 is 20.1 Å². The molecule has 1 aliphatic rings. The summed E-state index contributed by atoms with van der Waals surface area (Å²) in [6.45, 7) is 13.0. The number of benzene rings is 2. The molecule has 8 nitrogen and oxygen atoms in total. The van der Waals surface area contributed by atoms with E-state index in [9.17, 15) is 4.79 Å². The topological polar surface area (TPSA) is 81.6 Å². The summed E-state index contributed by atoms with van der Waals surface area (Å²) < 4.78 is 19.5. The Morgan fingerprint density at radius 3 is 2.19 bits per heavy atom. The molecule has 0 unspecified atom stereocenters. The van der Waals surface area contributed by atoms with Crippen molar-refractivity contribution in [2.45, 2.75) is 59.3 Å². The minimum Gasteiger partial charge on any atom is -0.493 e. The van der Waals surface area contributed by atoms with Crippen molar-refractivity contribution in [2.75, 3.05) is 44.4 Å². The van der Waals surface area contributed by atoms with E-state index in [1.165, 1.54) is 0 Å². The monoisotopic (exact) mass is 508 g/mol. The number of hydrogen-bond donors (Lipinski definition) is 1. The number of morpholine rings is 1. The Labute approximate surface area is 219 Å². The molecule has 0 radical (unpaired) electrons. The van der Waals surface area contributed by atoms with Gasteiger partial charge < -0.3 is 19.1 Å². The molecule has 0 spiro atoms. The molecule has 0 amide bonds. The fraction of sp³-hybridized carbons (Fsp3) is 0.517. The Balaban J connectivity index is 1.75. The summed E-state index contributed by atoms with van der Waals surface area (Å²) in [5.41, 5.74) is 3.42. The number of unbranched alkanes of at least 4 members (excludes halogenated alkanes) is 2. The minimum absolute atomic E-state index is 0.229. The number of nitrogens with zero attached hydrogens (tertiary/aromatic N) is 3. The largest absolute Gasteiger partial charge is 0.493 e. The van der Waals surface area contributed by atoms with Crippen LogP contribution >= 0.6 is 0 Å². The van der Waals surface area contributed by atoms with Gasteiger partial charge >= 0.3 is 5.69 Å². The molecule has 8 heteroatoms. The van der Waals surface area contributed by atoms with Crippen LogP contribution in [0.25, 0.3) is 17.1 Å². The molecular weight excluding hydrogens is 468 g/mol. The lowest BCUT2D eigenvalue weighted by molar-refractivity contribution is 0.122. The Morgan fingerprint density at radius 1 is 0.946 bits per heavy atom. The summed E-state index contributed by atoms with van der Waals surface area (Å²) >= 11 is 0. The van der Waals surface area contributed by atoms with Crippen molar-refractivity contribution < 1.29 is 14.2 Å². The second-order valence-corrected chi connectivity index (χ2v) is 9.75. The van der Waals surface area contributed by atoms with E-state index in [1.54, 1.807) is 4.57 Å². The van der Waals surface area contributed by atoms with Crippen molar-refractivity contribution in [1.29, 1.82) is 0 Å². The number of aromatic nitrogens is 3. The van der Waals surface area contributed by atoms with E-state index in [-0.39, 0.29) is 11.6 Å². The fourth-order valence-corrected chi connectivity index (χ4v) is 4.45. The Kier molecular flexibility index (Phi) is 9.28. The average Bonchev–Trinajstić information content (AvgIpc) is 3.30. The third-order valence-corrected chi connectivity index (χ3v) is 6.64. The van der Waals surface area contributed by atoms with Crippen molar-refractivity contribution in [1.82, 2.24) is 14.8 Å². The highest BCUT2D eigenvalue weighted by molar-refractivity contribution is 5.70. The van der Waals surface area contributed by atoms with Gasteiger partial charge in [0.1, 0.15) is 11.5 Å². The molecule has 0 atom stereocenters. The highest BCUT2D eigenvalue weighted by Gasteiger charge is 2.22. The molecule has 2 heterocycles. The first-order valence-electron chi connectivity index (χ1n) is 13.6. The highest BCUT2D eigenvalue weighted by atomic mass is 16.5. The third kappa shape index (κ3) is 6.36. The van der Waals surface area contributed by atoms with Gasteiger partial charge in [-0.05, 0) is 54.7 Å². The summed E-state index contributed by atoms with van der Waals surface area (Å²) in [6, 6.07) is 12.1. The van der Waals surface area contributed by atoms with E-state index >= 15 is 0 Å². The van der Waals surface area contributed by atoms with Gasteiger partial charge in [0, 0.05) is 24.8 Å². The number of anilines is 1. The van der Waals surface area contributed by atoms with E-state index in [4.69, 9.17) is 14.2 Å². The van der Waals surface area contributed by atoms with Crippen molar-refractivity contribution in [2.24, 2.45) is 0 Å². The normalized spacial score (nSPS) is 13.8. The van der Waals surface area contributed by atoms with Gasteiger partial charge in [0.2, 0.25) is 0 Å². The standard InChI is InChI=1S/C29H40N4O4/c1-5-7-15-36-26-20-27(37-16-8-6-2)25(19-24(26)21(3)4)28-30-31-29(34)33(28)23-11-9-22(10-12-23)32-13-17-35-18-14-32/h9-12,19-21H,5-8,13-18H2,1-4H3,(H,31,34). The summed E-state index contributed by atoms with van der Waals surface area (Å²) in [6.07, 6.45) is 4.03. The van der Waals surface area contributed by atoms with Gasteiger partial charge in [-0.2, -0.15) is 5.10 Å². The zero-order valence-corrected chi connectivity index (χ0v) is 22.6. The van der Waals surface area contributed by atoms with Crippen molar-refractivity contribution in [3.8, 4) is 28.6 Å². The molecule has 1 fully saturated rings. The number of hydrogen-bond acceptors (Lipinski definition) is 6. The molecule has 200 valence electrons. The zero-order valence-electron chi connectivity index (χ0n) is 22.6. The maximum atomic E-state index is 13.0. The van der Waals surface area contributed by atoms with Crippen molar-refractivity contribution >= 4 is 5.69 Å². The lowest BCUT2D eigenvalue weighted by atomic mass is 9.98. The van der Waals surface area contributed by atoms with Gasteiger partial charge in [-0.1, -0.05) is 40.5 Å². The number of ether oxygens (including phenoxy) is 3. The molecule has 3 aromatic rings. The maximum absolute atomic E-state index is 13.0. The van der Waals surface area contributed by atoms with Crippen LogP contribution in [0.5, 0.6) is 11.5 Å². The van der Waals surface area contributed by atoms with Gasteiger partial charge in [0.25, 0.3) is 0 Å². The average molecular weight is 509 g/mol. The summed E-state index contributed by atoms with van der Waals surface area (Å²) in [5.74, 6) is 2.26. The van der Waals surface area contributed by atoms with E-state index < -0.39 is 0 Å². The smallest absolute Gasteiger partial charge is 0.348 e. The van der Waals surface area contributed by atoms with E-state index in [2.05, 4.69) is 48.9 Å². The number of H-pyrrole nitrogens is 1. The second-order valence-electron chi connectivity index (χ2n) is 9.75. The van der Waals surface area contributed by atoms with Crippen LogP contribution in [0.2, 0.25) is 0 Å². The maximum Gasteiger partial charge on any atom is 0.348 e. The lowest BCUT2D eigenvalue weighted by Crippen LogP contribution is -2.36. The molecule has 0 bridgehead atoms. The number of nitrogens with one attached hydrogen (secondary N) is 1. The minimum atomic E-state index is -0.289. The summed E-state index contributed by atoms with van der Waals surface area (Å²) in [5, 5.41) is 7.10. The van der Waals surface area contributed by atoms with Gasteiger partial charge in [-0.3, -0.25) is 0 Å².